The number of alkyl halides is 3. The maximum atomic E-state index is 12.8. The molecule has 155 valence electrons. The number of halogens is 3. The minimum Gasteiger partial charge on any atom is -0.405 e. The second-order valence-electron chi connectivity index (χ2n) is 7.57. The van der Waals surface area contributed by atoms with Crippen molar-refractivity contribution in [2.45, 2.75) is 31.5 Å². The van der Waals surface area contributed by atoms with E-state index in [9.17, 15) is 13.2 Å². The predicted octanol–water partition coefficient (Wildman–Crippen LogP) is 5.42. The van der Waals surface area contributed by atoms with Crippen LogP contribution in [0.3, 0.4) is 0 Å². The monoisotopic (exact) mass is 435 g/mol. The van der Waals surface area contributed by atoms with Crippen LogP contribution in [0.15, 0.2) is 48.5 Å². The van der Waals surface area contributed by atoms with Crippen LogP contribution in [0.2, 0.25) is 0 Å². The molecule has 5 rings (SSSR count). The van der Waals surface area contributed by atoms with Gasteiger partial charge in [0.2, 0.25) is 0 Å². The van der Waals surface area contributed by atoms with Gasteiger partial charge < -0.3 is 9.72 Å². The first-order valence-corrected chi connectivity index (χ1v) is 9.76. The number of rotatable bonds is 4. The number of para-hydroxylation sites is 1. The van der Waals surface area contributed by atoms with Gasteiger partial charge in [0.15, 0.2) is 5.82 Å². The van der Waals surface area contributed by atoms with E-state index in [1.54, 1.807) is 24.3 Å². The van der Waals surface area contributed by atoms with E-state index in [2.05, 4.69) is 25.9 Å². The van der Waals surface area contributed by atoms with E-state index in [0.29, 0.717) is 28.4 Å². The van der Waals surface area contributed by atoms with E-state index >= 15 is 0 Å². The molecule has 1 radical (unpaired) electrons. The third-order valence-electron chi connectivity index (χ3n) is 5.57. The first-order valence-electron chi connectivity index (χ1n) is 9.76. The number of ether oxygens (including phenoxy) is 1. The summed E-state index contributed by atoms with van der Waals surface area (Å²) in [5, 5.41) is 4.62. The second kappa shape index (κ2) is 8.33. The summed E-state index contributed by atoms with van der Waals surface area (Å²) >= 11 is 0. The maximum Gasteiger partial charge on any atom is 0.573 e. The van der Waals surface area contributed by atoms with Crippen molar-refractivity contribution in [1.29, 1.82) is 0 Å². The van der Waals surface area contributed by atoms with Crippen LogP contribution in [-0.4, -0.2) is 55.7 Å². The molecule has 0 saturated heterocycles. The number of H-pyrrole nitrogens is 1. The van der Waals surface area contributed by atoms with Gasteiger partial charge in [0.05, 0.1) is 16.7 Å². The summed E-state index contributed by atoms with van der Waals surface area (Å²) in [6.07, 6.45) is -1.18. The van der Waals surface area contributed by atoms with E-state index in [1.165, 1.54) is 31.4 Å². The van der Waals surface area contributed by atoms with Crippen molar-refractivity contribution in [3.63, 3.8) is 0 Å². The molecule has 2 aromatic heterocycles. The fourth-order valence-electron chi connectivity index (χ4n) is 3.83. The fraction of sp³-hybridized carbons (Fsp3) is 0.273. The molecule has 0 bridgehead atoms. The molecule has 0 unspecified atom stereocenters. The summed E-state index contributed by atoms with van der Waals surface area (Å²) in [5.74, 6) is 0.963. The Morgan fingerprint density at radius 3 is 2.58 bits per heavy atom. The van der Waals surface area contributed by atoms with Crippen molar-refractivity contribution in [1.82, 2.24) is 19.7 Å². The Morgan fingerprint density at radius 2 is 1.87 bits per heavy atom. The Morgan fingerprint density at radius 1 is 1.10 bits per heavy atom. The predicted molar refractivity (Wildman–Crippen MR) is 113 cm³/mol. The zero-order valence-corrected chi connectivity index (χ0v) is 19.2. The zero-order valence-electron chi connectivity index (χ0n) is 17.2. The molecule has 31 heavy (non-hydrogen) atoms. The van der Waals surface area contributed by atoms with Crippen LogP contribution in [0.4, 0.5) is 13.2 Å². The Kier molecular flexibility index (Phi) is 5.89. The van der Waals surface area contributed by atoms with E-state index in [0.717, 1.165) is 16.9 Å². The molecule has 2 heterocycles. The van der Waals surface area contributed by atoms with Gasteiger partial charge in [-0.05, 0) is 42.7 Å². The van der Waals surface area contributed by atoms with Crippen molar-refractivity contribution in [3.8, 4) is 28.4 Å². The first kappa shape index (κ1) is 21.9. The fourth-order valence-corrected chi connectivity index (χ4v) is 3.83. The van der Waals surface area contributed by atoms with Crippen LogP contribution in [-0.2, 0) is 7.05 Å². The topological polar surface area (TPSA) is 55.7 Å². The molecule has 0 atom stereocenters. The summed E-state index contributed by atoms with van der Waals surface area (Å²) < 4.78 is 44.3. The molecular weight excluding hydrogens is 416 g/mol. The normalized spacial score (nSPS) is 14.3. The molecule has 5 nitrogen and oxygen atoms in total. The Hall–Kier alpha value is -2.29. The van der Waals surface area contributed by atoms with Crippen LogP contribution in [0.25, 0.3) is 33.7 Å². The average molecular weight is 435 g/mol. The second-order valence-corrected chi connectivity index (χ2v) is 7.57. The smallest absolute Gasteiger partial charge is 0.405 e. The number of nitrogens with zero attached hydrogens (tertiary/aromatic N) is 3. The summed E-state index contributed by atoms with van der Waals surface area (Å²) in [7, 11) is 1.89. The third kappa shape index (κ3) is 4.37. The number of aromatic amines is 1. The molecule has 1 fully saturated rings. The van der Waals surface area contributed by atoms with Crippen molar-refractivity contribution in [3.05, 3.63) is 54.2 Å². The average Bonchev–Trinajstić information content (AvgIpc) is 3.22. The molecule has 1 N–H and O–H groups in total. The number of nitrogens with one attached hydrogen (secondary N) is 1. The first-order chi connectivity index (χ1) is 14.4. The van der Waals surface area contributed by atoms with Crippen LogP contribution >= 0.6 is 0 Å². The Labute approximate surface area is 198 Å². The van der Waals surface area contributed by atoms with Gasteiger partial charge in [-0.3, -0.25) is 4.68 Å². The van der Waals surface area contributed by atoms with E-state index < -0.39 is 6.36 Å². The molecule has 1 aliphatic rings. The minimum absolute atomic E-state index is 0. The number of imidazole rings is 1. The van der Waals surface area contributed by atoms with Crippen LogP contribution < -0.4 is 4.74 Å². The molecule has 9 heteroatoms. The van der Waals surface area contributed by atoms with Gasteiger partial charge in [-0.15, -0.1) is 13.2 Å². The number of aryl methyl sites for hydroxylation is 1. The van der Waals surface area contributed by atoms with Gasteiger partial charge in [-0.1, -0.05) is 30.7 Å². The number of aromatic nitrogens is 4. The molecule has 0 aliphatic heterocycles. The van der Waals surface area contributed by atoms with Crippen molar-refractivity contribution >= 4 is 40.6 Å². The van der Waals surface area contributed by atoms with Gasteiger partial charge in [-0.2, -0.15) is 5.10 Å². The molecule has 1 aliphatic carbocycles. The summed E-state index contributed by atoms with van der Waals surface area (Å²) in [5.41, 5.74) is 4.38. The standard InChI is InChI=1S/C22H19F3N4O.Na/c1-29-19(12-17(28-29)13-5-4-6-13)21-26-16-10-9-14(11-18(16)27-21)15-7-2-3-8-20(15)30-22(23,24)25;/h2-3,7-13H,4-6H2,1H3,(H,26,27);. The Bertz CT molecular complexity index is 1230. The quantitative estimate of drug-likeness (QED) is 0.436. The van der Waals surface area contributed by atoms with Gasteiger partial charge in [0, 0.05) is 48.1 Å². The van der Waals surface area contributed by atoms with E-state index in [1.807, 2.05) is 17.8 Å². The SMILES string of the molecule is Cn1nc(C2CCC2)cc1-c1nc2cc(-c3ccccc3OC(F)(F)F)ccc2[nH]1.[Na]. The molecule has 0 amide bonds. The summed E-state index contributed by atoms with van der Waals surface area (Å²) in [6, 6.07) is 13.5. The zero-order chi connectivity index (χ0) is 20.9. The number of benzene rings is 2. The van der Waals surface area contributed by atoms with Crippen molar-refractivity contribution in [2.24, 2.45) is 7.05 Å². The van der Waals surface area contributed by atoms with E-state index in [-0.39, 0.29) is 35.3 Å². The maximum absolute atomic E-state index is 12.8. The van der Waals surface area contributed by atoms with Crippen molar-refractivity contribution in [2.75, 3.05) is 0 Å². The molecule has 4 aromatic rings. The summed E-state index contributed by atoms with van der Waals surface area (Å²) in [4.78, 5) is 7.96. The number of hydrogen-bond acceptors (Lipinski definition) is 3. The Balaban J connectivity index is 0.00000231. The summed E-state index contributed by atoms with van der Waals surface area (Å²) in [6.45, 7) is 0. The molecular formula is C22H19F3N4NaO. The molecule has 0 spiro atoms. The molecule has 1 saturated carbocycles. The van der Waals surface area contributed by atoms with Gasteiger partial charge in [0.1, 0.15) is 11.4 Å². The van der Waals surface area contributed by atoms with Crippen LogP contribution in [0, 0.1) is 0 Å². The van der Waals surface area contributed by atoms with E-state index in [4.69, 9.17) is 0 Å². The van der Waals surface area contributed by atoms with Gasteiger partial charge in [0.25, 0.3) is 0 Å². The van der Waals surface area contributed by atoms with Gasteiger partial charge in [-0.25, -0.2) is 4.98 Å². The minimum atomic E-state index is -4.75. The number of hydrogen-bond donors (Lipinski definition) is 1. The molecule has 2 aromatic carbocycles. The van der Waals surface area contributed by atoms with Gasteiger partial charge >= 0.3 is 6.36 Å². The number of fused-ring (bicyclic) bond motifs is 1. The van der Waals surface area contributed by atoms with Crippen LogP contribution in [0.1, 0.15) is 30.9 Å². The largest absolute Gasteiger partial charge is 0.573 e. The van der Waals surface area contributed by atoms with Crippen LogP contribution in [0.5, 0.6) is 5.75 Å². The third-order valence-corrected chi connectivity index (χ3v) is 5.57. The van der Waals surface area contributed by atoms with Crippen molar-refractivity contribution < 1.29 is 17.9 Å².